The van der Waals surface area contributed by atoms with E-state index in [4.69, 9.17) is 14.2 Å². The molecule has 1 saturated carbocycles. The van der Waals surface area contributed by atoms with Crippen molar-refractivity contribution in [2.45, 2.75) is 83.0 Å². The first-order valence-corrected chi connectivity index (χ1v) is 13.8. The molecule has 3 aliphatic rings. The topological polar surface area (TPSA) is 107 Å². The van der Waals surface area contributed by atoms with Crippen molar-refractivity contribution in [3.05, 3.63) is 39.9 Å². The second-order valence-electron chi connectivity index (χ2n) is 10.5. The monoisotopic (exact) mass is 508 g/mol. The average Bonchev–Trinajstić information content (AvgIpc) is 3.62. The number of aromatic nitrogens is 5. The Hall–Kier alpha value is -2.98. The zero-order valence-electron chi connectivity index (χ0n) is 21.5. The molecule has 0 radical (unpaired) electrons. The summed E-state index contributed by atoms with van der Waals surface area (Å²) in [5.41, 5.74) is 1.36. The van der Waals surface area contributed by atoms with Crippen molar-refractivity contribution in [1.29, 1.82) is 0 Å². The van der Waals surface area contributed by atoms with Gasteiger partial charge in [0.25, 0.3) is 5.56 Å². The van der Waals surface area contributed by atoms with E-state index in [0.29, 0.717) is 42.9 Å². The second-order valence-corrected chi connectivity index (χ2v) is 10.5. The standard InChI is InChI=1S/C27H36N6O4/c1-2-23(26-29-30-31-33(26)20-7-4-3-5-8-20)32(17-21-9-6-10-35-21)16-19-13-18-14-24-25(37-12-11-36-24)15-22(18)28-27(19)34/h13-15,20-21,23H,2-12,16-17H2,1H3,(H,28,34)/t21-,23-/m0/s1. The van der Waals surface area contributed by atoms with E-state index in [-0.39, 0.29) is 17.7 Å². The molecular formula is C27H36N6O4. The highest BCUT2D eigenvalue weighted by molar-refractivity contribution is 5.83. The second kappa shape index (κ2) is 10.8. The zero-order chi connectivity index (χ0) is 25.2. The molecular weight excluding hydrogens is 472 g/mol. The third kappa shape index (κ3) is 5.09. The SMILES string of the molecule is CC[C@@H](c1nnnn1C1CCCCC1)N(Cc1cc2cc3c(cc2[nH]c1=O)OCCO3)C[C@@H]1CCCO1. The van der Waals surface area contributed by atoms with E-state index >= 15 is 0 Å². The van der Waals surface area contributed by atoms with Crippen LogP contribution in [0.3, 0.4) is 0 Å². The van der Waals surface area contributed by atoms with Crippen molar-refractivity contribution in [2.24, 2.45) is 0 Å². The number of pyridine rings is 1. The molecule has 2 atom stereocenters. The molecule has 2 aliphatic heterocycles. The maximum atomic E-state index is 13.3. The van der Waals surface area contributed by atoms with Crippen LogP contribution in [0, 0.1) is 0 Å². The summed E-state index contributed by atoms with van der Waals surface area (Å²) in [5.74, 6) is 2.28. The third-order valence-electron chi connectivity index (χ3n) is 7.98. The van der Waals surface area contributed by atoms with E-state index in [1.165, 1.54) is 19.3 Å². The van der Waals surface area contributed by atoms with E-state index in [2.05, 4.69) is 37.0 Å². The maximum absolute atomic E-state index is 13.3. The van der Waals surface area contributed by atoms with Crippen molar-refractivity contribution >= 4 is 10.9 Å². The Morgan fingerprint density at radius 2 is 1.86 bits per heavy atom. The van der Waals surface area contributed by atoms with Gasteiger partial charge in [-0.2, -0.15) is 0 Å². The quantitative estimate of drug-likeness (QED) is 0.488. The van der Waals surface area contributed by atoms with Crippen LogP contribution in [0.5, 0.6) is 11.5 Å². The molecule has 0 amide bonds. The fraction of sp³-hybridized carbons (Fsp3) is 0.630. The van der Waals surface area contributed by atoms with E-state index < -0.39 is 0 Å². The maximum Gasteiger partial charge on any atom is 0.252 e. The molecule has 37 heavy (non-hydrogen) atoms. The van der Waals surface area contributed by atoms with Crippen LogP contribution < -0.4 is 15.0 Å². The van der Waals surface area contributed by atoms with E-state index in [1.54, 1.807) is 0 Å². The number of tetrazole rings is 1. The van der Waals surface area contributed by atoms with Crippen LogP contribution in [0.4, 0.5) is 0 Å². The zero-order valence-corrected chi connectivity index (χ0v) is 21.5. The van der Waals surface area contributed by atoms with E-state index in [0.717, 1.165) is 62.0 Å². The van der Waals surface area contributed by atoms with Crippen LogP contribution in [0.2, 0.25) is 0 Å². The van der Waals surface area contributed by atoms with Crippen molar-refractivity contribution in [2.75, 3.05) is 26.4 Å². The summed E-state index contributed by atoms with van der Waals surface area (Å²) < 4.78 is 19.6. The fourth-order valence-corrected chi connectivity index (χ4v) is 6.09. The first kappa shape index (κ1) is 24.4. The highest BCUT2D eigenvalue weighted by Gasteiger charge is 2.31. The number of aromatic amines is 1. The van der Waals surface area contributed by atoms with Crippen LogP contribution in [0.25, 0.3) is 10.9 Å². The van der Waals surface area contributed by atoms with Crippen LogP contribution in [0.1, 0.15) is 81.8 Å². The van der Waals surface area contributed by atoms with Crippen LogP contribution in [0.15, 0.2) is 23.0 Å². The Morgan fingerprint density at radius 1 is 1.05 bits per heavy atom. The van der Waals surface area contributed by atoms with Crippen molar-refractivity contribution < 1.29 is 14.2 Å². The number of hydrogen-bond acceptors (Lipinski definition) is 8. The summed E-state index contributed by atoms with van der Waals surface area (Å²) in [4.78, 5) is 18.7. The first-order chi connectivity index (χ1) is 18.2. The van der Waals surface area contributed by atoms with Gasteiger partial charge in [-0.05, 0) is 54.7 Å². The smallest absolute Gasteiger partial charge is 0.252 e. The number of benzene rings is 1. The molecule has 10 nitrogen and oxygen atoms in total. The summed E-state index contributed by atoms with van der Waals surface area (Å²) in [5, 5.41) is 14.0. The Balaban J connectivity index is 1.33. The molecule has 4 heterocycles. The number of H-pyrrole nitrogens is 1. The Labute approximate surface area is 216 Å². The minimum atomic E-state index is -0.0942. The van der Waals surface area contributed by atoms with Gasteiger partial charge in [0.15, 0.2) is 17.3 Å². The summed E-state index contributed by atoms with van der Waals surface area (Å²) in [6, 6.07) is 6.11. The number of nitrogens with zero attached hydrogens (tertiary/aromatic N) is 5. The molecule has 2 fully saturated rings. The summed E-state index contributed by atoms with van der Waals surface area (Å²) in [6.45, 7) is 5.21. The normalized spacial score (nSPS) is 21.1. The largest absolute Gasteiger partial charge is 0.486 e. The highest BCUT2D eigenvalue weighted by Crippen LogP contribution is 2.35. The van der Waals surface area contributed by atoms with Crippen LogP contribution in [-0.4, -0.2) is 62.6 Å². The molecule has 0 unspecified atom stereocenters. The number of fused-ring (bicyclic) bond motifs is 2. The van der Waals surface area contributed by atoms with Gasteiger partial charge >= 0.3 is 0 Å². The molecule has 10 heteroatoms. The van der Waals surface area contributed by atoms with Gasteiger partial charge in [-0.15, -0.1) is 5.10 Å². The van der Waals surface area contributed by atoms with Crippen LogP contribution in [-0.2, 0) is 11.3 Å². The Bertz CT molecular complexity index is 1280. The highest BCUT2D eigenvalue weighted by atomic mass is 16.6. The summed E-state index contributed by atoms with van der Waals surface area (Å²) in [7, 11) is 0. The lowest BCUT2D eigenvalue weighted by molar-refractivity contribution is 0.0481. The van der Waals surface area contributed by atoms with Gasteiger partial charge in [-0.1, -0.05) is 26.2 Å². The third-order valence-corrected chi connectivity index (χ3v) is 7.98. The van der Waals surface area contributed by atoms with E-state index in [1.807, 2.05) is 18.2 Å². The van der Waals surface area contributed by atoms with Crippen LogP contribution >= 0.6 is 0 Å². The number of nitrogens with one attached hydrogen (secondary N) is 1. The molecule has 1 saturated heterocycles. The lowest BCUT2D eigenvalue weighted by atomic mass is 9.95. The summed E-state index contributed by atoms with van der Waals surface area (Å²) in [6.07, 6.45) is 9.01. The molecule has 1 aromatic carbocycles. The van der Waals surface area contributed by atoms with Gasteiger partial charge in [0.05, 0.1) is 23.7 Å². The van der Waals surface area contributed by atoms with Gasteiger partial charge in [0.2, 0.25) is 0 Å². The lowest BCUT2D eigenvalue weighted by Crippen LogP contribution is -2.38. The van der Waals surface area contributed by atoms with E-state index in [9.17, 15) is 4.79 Å². The molecule has 2 aromatic heterocycles. The Kier molecular flexibility index (Phi) is 7.10. The predicted molar refractivity (Wildman–Crippen MR) is 138 cm³/mol. The van der Waals surface area contributed by atoms with Gasteiger partial charge in [0.1, 0.15) is 13.2 Å². The number of hydrogen-bond donors (Lipinski definition) is 1. The fourth-order valence-electron chi connectivity index (χ4n) is 6.09. The molecule has 0 bridgehead atoms. The molecule has 1 aliphatic carbocycles. The van der Waals surface area contributed by atoms with Gasteiger partial charge < -0.3 is 19.2 Å². The lowest BCUT2D eigenvalue weighted by Gasteiger charge is -2.33. The Morgan fingerprint density at radius 3 is 2.62 bits per heavy atom. The van der Waals surface area contributed by atoms with Gasteiger partial charge in [-0.3, -0.25) is 9.69 Å². The number of ether oxygens (including phenoxy) is 3. The average molecular weight is 509 g/mol. The van der Waals surface area contributed by atoms with Gasteiger partial charge in [0, 0.05) is 36.7 Å². The molecule has 1 N–H and O–H groups in total. The first-order valence-electron chi connectivity index (χ1n) is 13.8. The molecule has 0 spiro atoms. The predicted octanol–water partition coefficient (Wildman–Crippen LogP) is 3.92. The van der Waals surface area contributed by atoms with Crippen molar-refractivity contribution in [3.63, 3.8) is 0 Å². The van der Waals surface area contributed by atoms with Gasteiger partial charge in [-0.25, -0.2) is 4.68 Å². The minimum absolute atomic E-state index is 0.0171. The molecule has 198 valence electrons. The number of rotatable bonds is 8. The van der Waals surface area contributed by atoms with Crippen molar-refractivity contribution in [1.82, 2.24) is 30.1 Å². The molecule has 3 aromatic rings. The summed E-state index contributed by atoms with van der Waals surface area (Å²) >= 11 is 0. The minimum Gasteiger partial charge on any atom is -0.486 e. The van der Waals surface area contributed by atoms with Crippen molar-refractivity contribution in [3.8, 4) is 11.5 Å². The molecule has 6 rings (SSSR count).